The van der Waals surface area contributed by atoms with Gasteiger partial charge in [0.2, 0.25) is 5.89 Å². The van der Waals surface area contributed by atoms with Gasteiger partial charge < -0.3 is 18.6 Å². The molecule has 2 aromatic carbocycles. The van der Waals surface area contributed by atoms with Crippen LogP contribution in [0.2, 0.25) is 0 Å². The van der Waals surface area contributed by atoms with Crippen LogP contribution in [0.25, 0.3) is 11.5 Å². The molecule has 1 aliphatic heterocycles. The number of aromatic nitrogens is 2. The number of hydrogen-bond acceptors (Lipinski definition) is 7. The molecule has 0 spiro atoms. The van der Waals surface area contributed by atoms with Gasteiger partial charge in [-0.3, -0.25) is 4.90 Å². The second-order valence-electron chi connectivity index (χ2n) is 6.90. The summed E-state index contributed by atoms with van der Waals surface area (Å²) in [4.78, 5) is 2.45. The highest BCUT2D eigenvalue weighted by molar-refractivity contribution is 7.71. The SMILES string of the molecule is COc1cc(OC)cc(-c2nn(CN3CCOC(c4ccc(F)cc4)C3)c(=S)o2)c1. The highest BCUT2D eigenvalue weighted by Gasteiger charge is 2.23. The fraction of sp³-hybridized carbons (Fsp3) is 0.333. The Balaban J connectivity index is 1.51. The molecule has 158 valence electrons. The van der Waals surface area contributed by atoms with Crippen molar-refractivity contribution in [3.05, 3.63) is 58.7 Å². The molecular formula is C21H22FN3O4S. The van der Waals surface area contributed by atoms with E-state index < -0.39 is 0 Å². The molecule has 1 atom stereocenters. The molecule has 1 saturated heterocycles. The van der Waals surface area contributed by atoms with E-state index in [0.29, 0.717) is 42.8 Å². The first-order valence-electron chi connectivity index (χ1n) is 9.46. The van der Waals surface area contributed by atoms with Crippen LogP contribution >= 0.6 is 12.2 Å². The van der Waals surface area contributed by atoms with Crippen LogP contribution in [-0.2, 0) is 11.4 Å². The molecule has 7 nitrogen and oxygen atoms in total. The summed E-state index contributed by atoms with van der Waals surface area (Å²) in [6.45, 7) is 2.40. The molecule has 0 radical (unpaired) electrons. The molecule has 1 aromatic heterocycles. The highest BCUT2D eigenvalue weighted by Crippen LogP contribution is 2.29. The predicted molar refractivity (Wildman–Crippen MR) is 111 cm³/mol. The van der Waals surface area contributed by atoms with Gasteiger partial charge in [-0.2, -0.15) is 0 Å². The highest BCUT2D eigenvalue weighted by atomic mass is 32.1. The minimum absolute atomic E-state index is 0.137. The van der Waals surface area contributed by atoms with E-state index in [1.54, 1.807) is 37.1 Å². The zero-order valence-corrected chi connectivity index (χ0v) is 17.5. The van der Waals surface area contributed by atoms with Crippen molar-refractivity contribution in [2.75, 3.05) is 33.9 Å². The summed E-state index contributed by atoms with van der Waals surface area (Å²) in [6, 6.07) is 11.8. The number of morpholine rings is 1. The van der Waals surface area contributed by atoms with Gasteiger partial charge in [-0.15, -0.1) is 5.10 Å². The fourth-order valence-corrected chi connectivity index (χ4v) is 3.52. The summed E-state index contributed by atoms with van der Waals surface area (Å²) < 4.78 is 37.0. The normalized spacial score (nSPS) is 17.1. The molecule has 1 unspecified atom stereocenters. The molecule has 4 rings (SSSR count). The number of rotatable bonds is 6. The first-order chi connectivity index (χ1) is 14.6. The van der Waals surface area contributed by atoms with Crippen molar-refractivity contribution >= 4 is 12.2 Å². The van der Waals surface area contributed by atoms with Crippen LogP contribution < -0.4 is 9.47 Å². The van der Waals surface area contributed by atoms with E-state index in [1.807, 2.05) is 12.1 Å². The fourth-order valence-electron chi connectivity index (χ4n) is 3.34. The zero-order valence-electron chi connectivity index (χ0n) is 16.7. The predicted octanol–water partition coefficient (Wildman–Crippen LogP) is 4.06. The van der Waals surface area contributed by atoms with E-state index in [2.05, 4.69) is 10.00 Å². The van der Waals surface area contributed by atoms with Crippen molar-refractivity contribution in [2.45, 2.75) is 12.8 Å². The van der Waals surface area contributed by atoms with Gasteiger partial charge in [0, 0.05) is 24.7 Å². The van der Waals surface area contributed by atoms with E-state index in [-0.39, 0.29) is 16.8 Å². The Morgan fingerprint density at radius 2 is 1.83 bits per heavy atom. The van der Waals surface area contributed by atoms with E-state index in [0.717, 1.165) is 12.1 Å². The maximum absolute atomic E-state index is 13.2. The smallest absolute Gasteiger partial charge is 0.288 e. The molecular weight excluding hydrogens is 409 g/mol. The average molecular weight is 431 g/mol. The van der Waals surface area contributed by atoms with Gasteiger partial charge in [-0.1, -0.05) is 12.1 Å². The van der Waals surface area contributed by atoms with Gasteiger partial charge in [0.05, 0.1) is 33.6 Å². The number of nitrogens with zero attached hydrogens (tertiary/aromatic N) is 3. The molecule has 0 bridgehead atoms. The summed E-state index contributed by atoms with van der Waals surface area (Å²) >= 11 is 5.37. The van der Waals surface area contributed by atoms with Gasteiger partial charge in [0.1, 0.15) is 17.3 Å². The van der Waals surface area contributed by atoms with E-state index >= 15 is 0 Å². The Hall–Kier alpha value is -2.75. The van der Waals surface area contributed by atoms with Crippen LogP contribution in [0.1, 0.15) is 11.7 Å². The van der Waals surface area contributed by atoms with Gasteiger partial charge in [-0.05, 0) is 42.0 Å². The standard InChI is InChI=1S/C21H22FN3O4S/c1-26-17-9-15(10-18(11-17)27-2)20-23-25(21(30)29-20)13-24-7-8-28-19(12-24)14-3-5-16(22)6-4-14/h3-6,9-11,19H,7-8,12-13H2,1-2H3. The molecule has 1 fully saturated rings. The lowest BCUT2D eigenvalue weighted by atomic mass is 10.1. The quantitative estimate of drug-likeness (QED) is 0.546. The van der Waals surface area contributed by atoms with Gasteiger partial charge >= 0.3 is 0 Å². The first kappa shape index (κ1) is 20.5. The van der Waals surface area contributed by atoms with Gasteiger partial charge in [0.15, 0.2) is 0 Å². The molecule has 0 aliphatic carbocycles. The molecule has 3 aromatic rings. The van der Waals surface area contributed by atoms with Crippen molar-refractivity contribution < 1.29 is 23.0 Å². The van der Waals surface area contributed by atoms with E-state index in [4.69, 9.17) is 30.8 Å². The lowest BCUT2D eigenvalue weighted by Gasteiger charge is -2.32. The van der Waals surface area contributed by atoms with Gasteiger partial charge in [0.25, 0.3) is 4.84 Å². The minimum atomic E-state index is -0.262. The monoisotopic (exact) mass is 431 g/mol. The van der Waals surface area contributed by atoms with E-state index in [1.165, 1.54) is 12.1 Å². The van der Waals surface area contributed by atoms with Crippen molar-refractivity contribution in [3.8, 4) is 23.0 Å². The minimum Gasteiger partial charge on any atom is -0.497 e. The molecule has 30 heavy (non-hydrogen) atoms. The van der Waals surface area contributed by atoms with E-state index in [9.17, 15) is 4.39 Å². The summed E-state index contributed by atoms with van der Waals surface area (Å²) in [5, 5.41) is 4.54. The van der Waals surface area contributed by atoms with Crippen LogP contribution in [0.5, 0.6) is 11.5 Å². The Bertz CT molecular complexity index is 1040. The second kappa shape index (κ2) is 8.95. The molecule has 0 saturated carbocycles. The zero-order chi connectivity index (χ0) is 21.1. The summed E-state index contributed by atoms with van der Waals surface area (Å²) in [5.41, 5.74) is 1.65. The lowest BCUT2D eigenvalue weighted by Crippen LogP contribution is -2.39. The number of benzene rings is 2. The third-order valence-corrected chi connectivity index (χ3v) is 5.23. The van der Waals surface area contributed by atoms with Crippen LogP contribution in [0.4, 0.5) is 4.39 Å². The van der Waals surface area contributed by atoms with Crippen LogP contribution in [0, 0.1) is 10.7 Å². The first-order valence-corrected chi connectivity index (χ1v) is 9.87. The third-order valence-electron chi connectivity index (χ3n) is 4.93. The molecule has 0 N–H and O–H groups in total. The largest absolute Gasteiger partial charge is 0.497 e. The summed E-state index contributed by atoms with van der Waals surface area (Å²) in [6.07, 6.45) is -0.137. The Morgan fingerprint density at radius 3 is 2.50 bits per heavy atom. The van der Waals surface area contributed by atoms with Crippen LogP contribution in [0.15, 0.2) is 46.9 Å². The number of halogens is 1. The van der Waals surface area contributed by atoms with Crippen molar-refractivity contribution in [2.24, 2.45) is 0 Å². The third kappa shape index (κ3) is 4.53. The van der Waals surface area contributed by atoms with Crippen LogP contribution in [-0.4, -0.2) is 48.6 Å². The van der Waals surface area contributed by atoms with Crippen molar-refractivity contribution in [1.29, 1.82) is 0 Å². The molecule has 2 heterocycles. The Morgan fingerprint density at radius 1 is 1.13 bits per heavy atom. The lowest BCUT2D eigenvalue weighted by molar-refractivity contribution is -0.0420. The van der Waals surface area contributed by atoms with Gasteiger partial charge in [-0.25, -0.2) is 9.07 Å². The molecule has 1 aliphatic rings. The maximum Gasteiger partial charge on any atom is 0.288 e. The number of ether oxygens (including phenoxy) is 3. The number of hydrogen-bond donors (Lipinski definition) is 0. The Labute approximate surface area is 178 Å². The summed E-state index contributed by atoms with van der Waals surface area (Å²) in [7, 11) is 3.17. The summed E-state index contributed by atoms with van der Waals surface area (Å²) in [5.74, 6) is 1.40. The second-order valence-corrected chi connectivity index (χ2v) is 7.25. The van der Waals surface area contributed by atoms with Crippen molar-refractivity contribution in [3.63, 3.8) is 0 Å². The molecule has 0 amide bonds. The topological polar surface area (TPSA) is 61.9 Å². The van der Waals surface area contributed by atoms with Crippen molar-refractivity contribution in [1.82, 2.24) is 14.7 Å². The Kier molecular flexibility index (Phi) is 6.12. The van der Waals surface area contributed by atoms with Crippen LogP contribution in [0.3, 0.4) is 0 Å². The molecule has 9 heteroatoms. The number of methoxy groups -OCH3 is 2. The maximum atomic E-state index is 13.2. The average Bonchev–Trinajstić information content (AvgIpc) is 3.14.